The Balaban J connectivity index is 2.25. The molecule has 0 aromatic heterocycles. The third-order valence-corrected chi connectivity index (χ3v) is 3.50. The second-order valence-corrected chi connectivity index (χ2v) is 5.63. The second kappa shape index (κ2) is 6.62. The number of carboxylic acid groups (broad SMARTS) is 1. The molecule has 1 unspecified atom stereocenters. The lowest BCUT2D eigenvalue weighted by molar-refractivity contribution is -0.138. The first-order valence-corrected chi connectivity index (χ1v) is 7.20. The molecule has 0 spiro atoms. The highest BCUT2D eigenvalue weighted by Gasteiger charge is 2.14. The molecule has 22 heavy (non-hydrogen) atoms. The molecule has 0 amide bonds. The van der Waals surface area contributed by atoms with E-state index in [9.17, 15) is 4.79 Å². The maximum absolute atomic E-state index is 10.9. The number of nitrogens with two attached hydrogens (primary N) is 1. The van der Waals surface area contributed by atoms with E-state index in [1.165, 1.54) is 0 Å². The van der Waals surface area contributed by atoms with Crippen LogP contribution in [0.2, 0.25) is 0 Å². The van der Waals surface area contributed by atoms with E-state index >= 15 is 0 Å². The third kappa shape index (κ3) is 3.86. The smallest absolute Gasteiger partial charge is 0.320 e. The van der Waals surface area contributed by atoms with E-state index in [2.05, 4.69) is 0 Å². The third-order valence-electron chi connectivity index (χ3n) is 3.50. The van der Waals surface area contributed by atoms with E-state index in [1.54, 1.807) is 0 Å². The number of carboxylic acids is 1. The zero-order valence-corrected chi connectivity index (χ0v) is 13.1. The van der Waals surface area contributed by atoms with Crippen LogP contribution < -0.4 is 10.5 Å². The van der Waals surface area contributed by atoms with Gasteiger partial charge < -0.3 is 15.6 Å². The van der Waals surface area contributed by atoms with Gasteiger partial charge in [0.05, 0.1) is 0 Å². The van der Waals surface area contributed by atoms with Gasteiger partial charge in [-0.15, -0.1) is 0 Å². The molecule has 0 heterocycles. The standard InChI is InChI=1S/C18H21NO3/c1-11-5-4-6-15(7-11)22-17-12(2)8-14(9-13(17)3)10-16(19)18(20)21/h4-9,16H,10,19H2,1-3H3,(H,20,21). The van der Waals surface area contributed by atoms with Crippen LogP contribution in [0, 0.1) is 20.8 Å². The van der Waals surface area contributed by atoms with Crippen molar-refractivity contribution >= 4 is 5.97 Å². The molecule has 0 fully saturated rings. The Labute approximate surface area is 130 Å². The Hall–Kier alpha value is -2.33. The largest absolute Gasteiger partial charge is 0.480 e. The maximum atomic E-state index is 10.9. The molecule has 0 bridgehead atoms. The van der Waals surface area contributed by atoms with Gasteiger partial charge in [-0.25, -0.2) is 0 Å². The second-order valence-electron chi connectivity index (χ2n) is 5.63. The molecule has 0 aliphatic heterocycles. The summed E-state index contributed by atoms with van der Waals surface area (Å²) in [4.78, 5) is 10.9. The van der Waals surface area contributed by atoms with E-state index < -0.39 is 12.0 Å². The lowest BCUT2D eigenvalue weighted by Crippen LogP contribution is -2.32. The van der Waals surface area contributed by atoms with Crippen molar-refractivity contribution in [2.24, 2.45) is 5.73 Å². The Kier molecular flexibility index (Phi) is 4.83. The number of aryl methyl sites for hydroxylation is 3. The zero-order chi connectivity index (χ0) is 16.3. The summed E-state index contributed by atoms with van der Waals surface area (Å²) in [6.07, 6.45) is 0.307. The Morgan fingerprint density at radius 3 is 2.36 bits per heavy atom. The quantitative estimate of drug-likeness (QED) is 0.888. The lowest BCUT2D eigenvalue weighted by Gasteiger charge is -2.15. The fourth-order valence-electron chi connectivity index (χ4n) is 2.46. The lowest BCUT2D eigenvalue weighted by atomic mass is 10.0. The number of hydrogen-bond donors (Lipinski definition) is 2. The highest BCUT2D eigenvalue weighted by Crippen LogP contribution is 2.30. The van der Waals surface area contributed by atoms with Crippen LogP contribution in [0.15, 0.2) is 36.4 Å². The molecule has 0 saturated carbocycles. The first-order valence-electron chi connectivity index (χ1n) is 7.20. The summed E-state index contributed by atoms with van der Waals surface area (Å²) in [6.45, 7) is 5.92. The van der Waals surface area contributed by atoms with E-state index in [0.717, 1.165) is 33.8 Å². The van der Waals surface area contributed by atoms with E-state index in [-0.39, 0.29) is 0 Å². The minimum atomic E-state index is -0.990. The van der Waals surface area contributed by atoms with Gasteiger partial charge in [0.1, 0.15) is 17.5 Å². The minimum Gasteiger partial charge on any atom is -0.480 e. The molecule has 0 aliphatic carbocycles. The van der Waals surface area contributed by atoms with Crippen LogP contribution in [0.3, 0.4) is 0 Å². The first kappa shape index (κ1) is 16.0. The number of ether oxygens (including phenoxy) is 1. The molecule has 2 aromatic rings. The molecule has 0 radical (unpaired) electrons. The average molecular weight is 299 g/mol. The molecule has 1 atom stereocenters. The van der Waals surface area contributed by atoms with Crippen molar-refractivity contribution in [1.82, 2.24) is 0 Å². The highest BCUT2D eigenvalue weighted by atomic mass is 16.5. The fraction of sp³-hybridized carbons (Fsp3) is 0.278. The van der Waals surface area contributed by atoms with E-state index in [1.807, 2.05) is 57.2 Å². The zero-order valence-electron chi connectivity index (χ0n) is 13.1. The number of benzene rings is 2. The Morgan fingerprint density at radius 2 is 1.82 bits per heavy atom. The van der Waals surface area contributed by atoms with Crippen LogP contribution in [-0.2, 0) is 11.2 Å². The summed E-state index contributed by atoms with van der Waals surface area (Å²) in [7, 11) is 0. The van der Waals surface area contributed by atoms with Gasteiger partial charge in [0.2, 0.25) is 0 Å². The van der Waals surface area contributed by atoms with Crippen molar-refractivity contribution in [1.29, 1.82) is 0 Å². The maximum Gasteiger partial charge on any atom is 0.320 e. The van der Waals surface area contributed by atoms with Crippen molar-refractivity contribution < 1.29 is 14.6 Å². The van der Waals surface area contributed by atoms with Gasteiger partial charge in [0, 0.05) is 0 Å². The molecule has 0 aliphatic rings. The molecule has 2 rings (SSSR count). The predicted molar refractivity (Wildman–Crippen MR) is 86.5 cm³/mol. The predicted octanol–water partition coefficient (Wildman–Crippen LogP) is 3.36. The van der Waals surface area contributed by atoms with Crippen molar-refractivity contribution in [3.8, 4) is 11.5 Å². The number of hydrogen-bond acceptors (Lipinski definition) is 3. The van der Waals surface area contributed by atoms with Gasteiger partial charge in [0.15, 0.2) is 0 Å². The molecule has 4 nitrogen and oxygen atoms in total. The van der Waals surface area contributed by atoms with Gasteiger partial charge in [-0.2, -0.15) is 0 Å². The summed E-state index contributed by atoms with van der Waals surface area (Å²) < 4.78 is 5.98. The monoisotopic (exact) mass is 299 g/mol. The van der Waals surface area contributed by atoms with Crippen LogP contribution in [0.5, 0.6) is 11.5 Å². The van der Waals surface area contributed by atoms with E-state index in [4.69, 9.17) is 15.6 Å². The van der Waals surface area contributed by atoms with Crippen LogP contribution >= 0.6 is 0 Å². The summed E-state index contributed by atoms with van der Waals surface area (Å²) in [5.41, 5.74) is 9.57. The van der Waals surface area contributed by atoms with Gasteiger partial charge in [-0.1, -0.05) is 24.3 Å². The van der Waals surface area contributed by atoms with Crippen molar-refractivity contribution in [2.45, 2.75) is 33.2 Å². The molecule has 4 heteroatoms. The molecule has 3 N–H and O–H groups in total. The van der Waals surface area contributed by atoms with Crippen molar-refractivity contribution in [2.75, 3.05) is 0 Å². The number of rotatable bonds is 5. The van der Waals surface area contributed by atoms with Gasteiger partial charge in [0.25, 0.3) is 0 Å². The van der Waals surface area contributed by atoms with Gasteiger partial charge >= 0.3 is 5.97 Å². The first-order chi connectivity index (χ1) is 10.4. The normalized spacial score (nSPS) is 12.0. The summed E-state index contributed by atoms with van der Waals surface area (Å²) in [5.74, 6) is 0.606. The van der Waals surface area contributed by atoms with Gasteiger partial charge in [-0.05, 0) is 61.6 Å². The Morgan fingerprint density at radius 1 is 1.18 bits per heavy atom. The molecular weight excluding hydrogens is 278 g/mol. The average Bonchev–Trinajstić information content (AvgIpc) is 2.43. The molecular formula is C18H21NO3. The van der Waals surface area contributed by atoms with Crippen LogP contribution in [-0.4, -0.2) is 17.1 Å². The topological polar surface area (TPSA) is 72.5 Å². The van der Waals surface area contributed by atoms with Crippen molar-refractivity contribution in [3.05, 3.63) is 58.7 Å². The number of aliphatic carboxylic acids is 1. The summed E-state index contributed by atoms with van der Waals surface area (Å²) in [5, 5.41) is 8.91. The van der Waals surface area contributed by atoms with E-state index in [0.29, 0.717) is 6.42 Å². The molecule has 116 valence electrons. The SMILES string of the molecule is Cc1cccc(Oc2c(C)cc(CC(N)C(=O)O)cc2C)c1. The van der Waals surface area contributed by atoms with Crippen LogP contribution in [0.1, 0.15) is 22.3 Å². The number of carbonyl (C=O) groups is 1. The summed E-state index contributed by atoms with van der Waals surface area (Å²) in [6, 6.07) is 10.8. The molecule has 0 saturated heterocycles. The van der Waals surface area contributed by atoms with Crippen molar-refractivity contribution in [3.63, 3.8) is 0 Å². The molecule has 2 aromatic carbocycles. The minimum absolute atomic E-state index is 0.307. The van der Waals surface area contributed by atoms with Crippen LogP contribution in [0.25, 0.3) is 0 Å². The Bertz CT molecular complexity index is 671. The highest BCUT2D eigenvalue weighted by molar-refractivity contribution is 5.73. The fourth-order valence-corrected chi connectivity index (χ4v) is 2.46. The summed E-state index contributed by atoms with van der Waals surface area (Å²) >= 11 is 0. The van der Waals surface area contributed by atoms with Crippen LogP contribution in [0.4, 0.5) is 0 Å². The van der Waals surface area contributed by atoms with Gasteiger partial charge in [-0.3, -0.25) is 4.79 Å².